The fourth-order valence-electron chi connectivity index (χ4n) is 4.68. The van der Waals surface area contributed by atoms with E-state index in [4.69, 9.17) is 4.43 Å². The summed E-state index contributed by atoms with van der Waals surface area (Å²) in [5.41, 5.74) is -0.899. The summed E-state index contributed by atoms with van der Waals surface area (Å²) in [6.07, 6.45) is 13.9. The molecule has 0 saturated heterocycles. The van der Waals surface area contributed by atoms with E-state index >= 15 is 0 Å². The molecule has 3 heteroatoms. The third-order valence-corrected chi connectivity index (χ3v) is 11.9. The van der Waals surface area contributed by atoms with Gasteiger partial charge in [-0.05, 0) is 75.4 Å². The van der Waals surface area contributed by atoms with E-state index in [9.17, 15) is 5.11 Å². The highest BCUT2D eigenvalue weighted by Crippen LogP contribution is 2.52. The molecule has 2 bridgehead atoms. The maximum Gasteiger partial charge on any atom is 0.192 e. The molecule has 29 heavy (non-hydrogen) atoms. The zero-order valence-electron chi connectivity index (χ0n) is 20.3. The summed E-state index contributed by atoms with van der Waals surface area (Å²) in [6, 6.07) is 0. The van der Waals surface area contributed by atoms with E-state index in [2.05, 4.69) is 64.8 Å². The van der Waals surface area contributed by atoms with Crippen LogP contribution in [0.25, 0.3) is 0 Å². The number of rotatable bonds is 8. The molecule has 0 unspecified atom stereocenters. The van der Waals surface area contributed by atoms with Crippen molar-refractivity contribution in [2.75, 3.05) is 0 Å². The van der Waals surface area contributed by atoms with Crippen LogP contribution >= 0.6 is 0 Å². The first-order valence-corrected chi connectivity index (χ1v) is 14.9. The van der Waals surface area contributed by atoms with Crippen LogP contribution in [0.15, 0.2) is 12.2 Å². The Kier molecular flexibility index (Phi) is 8.27. The quantitative estimate of drug-likeness (QED) is 0.200. The lowest BCUT2D eigenvalue weighted by Crippen LogP contribution is -2.43. The van der Waals surface area contributed by atoms with Crippen LogP contribution in [0.1, 0.15) is 86.5 Å². The Bertz CT molecular complexity index is 611. The second-order valence-corrected chi connectivity index (χ2v) is 16.3. The number of unbranched alkanes of at least 4 members (excludes halogenated alkanes) is 2. The van der Waals surface area contributed by atoms with E-state index in [0.717, 1.165) is 12.3 Å². The maximum absolute atomic E-state index is 10.1. The predicted octanol–water partition coefficient (Wildman–Crippen LogP) is 6.95. The van der Waals surface area contributed by atoms with E-state index in [0.29, 0.717) is 17.8 Å². The van der Waals surface area contributed by atoms with Crippen LogP contribution in [0.2, 0.25) is 18.1 Å². The lowest BCUT2D eigenvalue weighted by atomic mass is 9.79. The molecule has 0 spiro atoms. The molecule has 0 aliphatic heterocycles. The van der Waals surface area contributed by atoms with Gasteiger partial charge in [0.1, 0.15) is 5.60 Å². The Morgan fingerprint density at radius 2 is 1.76 bits per heavy atom. The molecule has 2 saturated carbocycles. The van der Waals surface area contributed by atoms with E-state index in [1.807, 2.05) is 0 Å². The summed E-state index contributed by atoms with van der Waals surface area (Å²) in [5, 5.41) is 10.3. The van der Waals surface area contributed by atoms with E-state index < -0.39 is 13.9 Å². The van der Waals surface area contributed by atoms with Gasteiger partial charge in [-0.3, -0.25) is 0 Å². The molecule has 5 atom stereocenters. The van der Waals surface area contributed by atoms with Gasteiger partial charge in [0.05, 0.1) is 6.10 Å². The second kappa shape index (κ2) is 9.71. The molecule has 0 aromatic heterocycles. The van der Waals surface area contributed by atoms with Crippen LogP contribution < -0.4 is 0 Å². The van der Waals surface area contributed by atoms with Crippen molar-refractivity contribution < 1.29 is 9.53 Å². The number of hydrogen-bond donors (Lipinski definition) is 1. The molecule has 166 valence electrons. The first-order chi connectivity index (χ1) is 13.3. The number of aliphatic hydroxyl groups is 1. The van der Waals surface area contributed by atoms with E-state index in [1.54, 1.807) is 13.8 Å². The monoisotopic (exact) mass is 418 g/mol. The van der Waals surface area contributed by atoms with Crippen molar-refractivity contribution in [1.29, 1.82) is 0 Å². The highest BCUT2D eigenvalue weighted by atomic mass is 28.4. The minimum Gasteiger partial charge on any atom is -0.411 e. The third kappa shape index (κ3) is 6.98. The molecule has 0 aromatic carbocycles. The molecule has 1 N–H and O–H groups in total. The van der Waals surface area contributed by atoms with Crippen LogP contribution in [0, 0.1) is 35.5 Å². The normalized spacial score (nSPS) is 28.6. The van der Waals surface area contributed by atoms with Crippen molar-refractivity contribution in [1.82, 2.24) is 0 Å². The fraction of sp³-hybridized carbons (Fsp3) is 0.846. The van der Waals surface area contributed by atoms with Gasteiger partial charge in [0.25, 0.3) is 0 Å². The molecule has 2 nitrogen and oxygen atoms in total. The van der Waals surface area contributed by atoms with Crippen LogP contribution in [-0.4, -0.2) is 25.1 Å². The summed E-state index contributed by atoms with van der Waals surface area (Å²) in [6.45, 7) is 17.5. The molecule has 2 aliphatic rings. The van der Waals surface area contributed by atoms with Crippen molar-refractivity contribution >= 4 is 8.32 Å². The Labute approximate surface area is 182 Å². The van der Waals surface area contributed by atoms with Crippen molar-refractivity contribution in [3.63, 3.8) is 0 Å². The zero-order valence-corrected chi connectivity index (χ0v) is 21.3. The van der Waals surface area contributed by atoms with E-state index in [-0.39, 0.29) is 11.1 Å². The molecular formula is C26H46O2Si. The molecule has 0 amide bonds. The van der Waals surface area contributed by atoms with Crippen LogP contribution in [0.4, 0.5) is 0 Å². The lowest BCUT2D eigenvalue weighted by molar-refractivity contribution is 0.143. The van der Waals surface area contributed by atoms with Gasteiger partial charge in [-0.25, -0.2) is 0 Å². The van der Waals surface area contributed by atoms with Gasteiger partial charge in [-0.2, -0.15) is 0 Å². The molecule has 2 rings (SSSR count). The van der Waals surface area contributed by atoms with Crippen molar-refractivity contribution in [3.05, 3.63) is 12.2 Å². The highest BCUT2D eigenvalue weighted by molar-refractivity contribution is 6.74. The molecular weight excluding hydrogens is 372 g/mol. The summed E-state index contributed by atoms with van der Waals surface area (Å²) in [5.74, 6) is 8.99. The summed E-state index contributed by atoms with van der Waals surface area (Å²) >= 11 is 0. The first kappa shape index (κ1) is 24.7. The lowest BCUT2D eigenvalue weighted by Gasteiger charge is -2.39. The van der Waals surface area contributed by atoms with Crippen LogP contribution in [-0.2, 0) is 4.43 Å². The molecule has 2 aliphatic carbocycles. The summed E-state index contributed by atoms with van der Waals surface area (Å²) < 4.78 is 6.81. The van der Waals surface area contributed by atoms with E-state index in [1.165, 1.54) is 38.5 Å². The Hall–Kier alpha value is -0.563. The average Bonchev–Trinajstić information content (AvgIpc) is 3.17. The van der Waals surface area contributed by atoms with Gasteiger partial charge in [0, 0.05) is 5.92 Å². The highest BCUT2D eigenvalue weighted by Gasteiger charge is 2.46. The summed E-state index contributed by atoms with van der Waals surface area (Å²) in [7, 11) is -1.79. The van der Waals surface area contributed by atoms with Gasteiger partial charge in [-0.1, -0.05) is 71.0 Å². The fourth-order valence-corrected chi connectivity index (χ4v) is 5.99. The average molecular weight is 419 g/mol. The first-order valence-electron chi connectivity index (χ1n) is 12.0. The maximum atomic E-state index is 10.1. The number of allylic oxidation sites excluding steroid dienone is 1. The van der Waals surface area contributed by atoms with Crippen LogP contribution in [0.3, 0.4) is 0 Å². The standard InChI is InChI=1S/C26H46O2Si/c1-9-10-11-12-22(28-29(7,8)25(2,3)4)15-16-23-20-13-14-21(19-20)24(23)17-18-26(5,6)27/h15-16,20-24,27H,9-14,19H2,1-8H3/b16-15+/t20-,21+,22+,23+,24-/m1/s1. The van der Waals surface area contributed by atoms with Gasteiger partial charge in [0.15, 0.2) is 8.32 Å². The molecule has 0 heterocycles. The zero-order chi connectivity index (χ0) is 21.9. The Morgan fingerprint density at radius 1 is 1.10 bits per heavy atom. The van der Waals surface area contributed by atoms with Gasteiger partial charge in [0.2, 0.25) is 0 Å². The minimum atomic E-state index is -1.79. The predicted molar refractivity (Wildman–Crippen MR) is 127 cm³/mol. The van der Waals surface area contributed by atoms with Gasteiger partial charge in [-0.15, -0.1) is 0 Å². The third-order valence-electron chi connectivity index (χ3n) is 7.42. The smallest absolute Gasteiger partial charge is 0.192 e. The minimum absolute atomic E-state index is 0.226. The number of hydrogen-bond acceptors (Lipinski definition) is 2. The van der Waals surface area contributed by atoms with Crippen molar-refractivity contribution in [3.8, 4) is 11.8 Å². The van der Waals surface area contributed by atoms with Crippen molar-refractivity contribution in [2.45, 2.75) is 116 Å². The summed E-state index contributed by atoms with van der Waals surface area (Å²) in [4.78, 5) is 0. The molecule has 0 aromatic rings. The van der Waals surface area contributed by atoms with Crippen molar-refractivity contribution in [2.24, 2.45) is 23.7 Å². The topological polar surface area (TPSA) is 29.5 Å². The molecule has 2 fully saturated rings. The van der Waals surface area contributed by atoms with Crippen LogP contribution in [0.5, 0.6) is 0 Å². The SMILES string of the molecule is CCCCC[C@@H](/C=C/[C@H]1[C@@H]2CC[C@@H](C2)[C@H]1C#CC(C)(C)O)O[Si](C)(C)C(C)(C)C. The largest absolute Gasteiger partial charge is 0.411 e. The molecule has 0 radical (unpaired) electrons. The Morgan fingerprint density at radius 3 is 2.34 bits per heavy atom. The number of fused-ring (bicyclic) bond motifs is 2. The van der Waals surface area contributed by atoms with Gasteiger partial charge < -0.3 is 9.53 Å². The Balaban J connectivity index is 2.15. The second-order valence-electron chi connectivity index (χ2n) is 11.6. The van der Waals surface area contributed by atoms with Gasteiger partial charge >= 0.3 is 0 Å².